The van der Waals surface area contributed by atoms with Gasteiger partial charge in [0.25, 0.3) is 0 Å². The van der Waals surface area contributed by atoms with E-state index in [0.29, 0.717) is 36.7 Å². The van der Waals surface area contributed by atoms with Crippen LogP contribution < -0.4 is 4.74 Å². The summed E-state index contributed by atoms with van der Waals surface area (Å²) in [7, 11) is -2.93. The smallest absolute Gasteiger partial charge is 0.150 e. The number of hydrogen-bond acceptors (Lipinski definition) is 4. The number of ether oxygens (including phenoxy) is 1. The molecule has 0 aromatic heterocycles. The van der Waals surface area contributed by atoms with Crippen LogP contribution in [0.3, 0.4) is 0 Å². The third-order valence-electron chi connectivity index (χ3n) is 7.65. The van der Waals surface area contributed by atoms with Gasteiger partial charge in [-0.25, -0.2) is 8.42 Å². The Balaban J connectivity index is 1.28. The quantitative estimate of drug-likeness (QED) is 0.461. The number of fused-ring (bicyclic) bond motifs is 1. The van der Waals surface area contributed by atoms with E-state index in [4.69, 9.17) is 4.74 Å². The first-order valence-electron chi connectivity index (χ1n) is 12.8. The molecule has 1 saturated carbocycles. The van der Waals surface area contributed by atoms with Crippen LogP contribution in [0.5, 0.6) is 5.75 Å². The van der Waals surface area contributed by atoms with Crippen molar-refractivity contribution in [3.05, 3.63) is 65.2 Å². The molecule has 5 rings (SSSR count). The lowest BCUT2D eigenvalue weighted by molar-refractivity contribution is 0.188. The second-order valence-electron chi connectivity index (χ2n) is 10.3. The van der Waals surface area contributed by atoms with Gasteiger partial charge in [0.15, 0.2) is 9.84 Å². The van der Waals surface area contributed by atoms with E-state index in [-0.39, 0.29) is 5.75 Å². The number of hydrogen-bond donors (Lipinski definition) is 0. The van der Waals surface area contributed by atoms with Crippen molar-refractivity contribution in [2.75, 3.05) is 31.2 Å². The molecule has 2 unspecified atom stereocenters. The van der Waals surface area contributed by atoms with Crippen LogP contribution in [-0.4, -0.2) is 50.6 Å². The van der Waals surface area contributed by atoms with E-state index in [2.05, 4.69) is 53.4 Å². The minimum absolute atomic E-state index is 0.238. The van der Waals surface area contributed by atoms with Crippen LogP contribution in [0.2, 0.25) is 0 Å². The Kier molecular flexibility index (Phi) is 7.07. The third kappa shape index (κ3) is 5.99. The van der Waals surface area contributed by atoms with Crippen LogP contribution in [-0.2, 0) is 22.7 Å². The van der Waals surface area contributed by atoms with E-state index in [0.717, 1.165) is 31.4 Å². The Labute approximate surface area is 199 Å². The fourth-order valence-electron chi connectivity index (χ4n) is 5.77. The monoisotopic (exact) mass is 467 g/mol. The van der Waals surface area contributed by atoms with E-state index in [1.165, 1.54) is 49.0 Å². The summed E-state index contributed by atoms with van der Waals surface area (Å²) in [6, 6.07) is 18.0. The number of rotatable bonds is 10. The molecule has 0 amide bonds. The predicted molar refractivity (Wildman–Crippen MR) is 134 cm³/mol. The van der Waals surface area contributed by atoms with E-state index in [9.17, 15) is 8.42 Å². The predicted octanol–water partition coefficient (Wildman–Crippen LogP) is 5.02. The number of aryl methyl sites for hydroxylation is 1. The first kappa shape index (κ1) is 22.9. The van der Waals surface area contributed by atoms with Crippen LogP contribution in [0, 0.1) is 5.92 Å². The molecule has 0 N–H and O–H groups in total. The lowest BCUT2D eigenvalue weighted by atomic mass is 9.75. The molecule has 5 heteroatoms. The van der Waals surface area contributed by atoms with Gasteiger partial charge in [0.2, 0.25) is 0 Å². The molecule has 33 heavy (non-hydrogen) atoms. The fraction of sp³-hybridized carbons (Fsp3) is 0.571. The average molecular weight is 468 g/mol. The second kappa shape index (κ2) is 10.2. The number of likely N-dealkylation sites (tertiary alicyclic amines) is 1. The molecule has 4 nitrogen and oxygen atoms in total. The Bertz CT molecular complexity index is 1030. The summed E-state index contributed by atoms with van der Waals surface area (Å²) in [6.07, 6.45) is 8.75. The van der Waals surface area contributed by atoms with Gasteiger partial charge in [0.1, 0.15) is 5.75 Å². The highest BCUT2D eigenvalue weighted by Gasteiger charge is 2.35. The zero-order chi connectivity index (χ0) is 22.7. The molecule has 0 radical (unpaired) electrons. The summed E-state index contributed by atoms with van der Waals surface area (Å²) in [4.78, 5) is 2.72. The van der Waals surface area contributed by atoms with Crippen LogP contribution >= 0.6 is 0 Å². The maximum absolute atomic E-state index is 12.2. The summed E-state index contributed by atoms with van der Waals surface area (Å²) < 4.78 is 30.5. The lowest BCUT2D eigenvalue weighted by Crippen LogP contribution is -2.41. The van der Waals surface area contributed by atoms with Gasteiger partial charge in [-0.2, -0.15) is 0 Å². The van der Waals surface area contributed by atoms with Crippen molar-refractivity contribution in [2.45, 2.75) is 63.3 Å². The van der Waals surface area contributed by atoms with E-state index < -0.39 is 9.84 Å². The molecule has 1 saturated heterocycles. The molecule has 0 spiro atoms. The van der Waals surface area contributed by atoms with Crippen LogP contribution in [0.15, 0.2) is 48.5 Å². The standard InChI is InChI=1S/C28H37NO3S/c30-33(31,21-23-9-10-23)18-6-17-32-25-13-11-24-12-14-28(29-15-4-5-16-29)27(26(24)20-25)19-22-7-2-1-3-8-22/h1-3,7-8,11,13,20,23,27-28H,4-6,9-10,12,14-19,21H2. The van der Waals surface area contributed by atoms with Crippen molar-refractivity contribution < 1.29 is 13.2 Å². The molecule has 178 valence electrons. The molecule has 3 aliphatic rings. The molecule has 2 fully saturated rings. The average Bonchev–Trinajstić information content (AvgIpc) is 3.44. The molecule has 2 aromatic rings. The van der Waals surface area contributed by atoms with Gasteiger partial charge in [0.05, 0.1) is 18.1 Å². The molecule has 0 bridgehead atoms. The third-order valence-corrected chi connectivity index (χ3v) is 9.54. The molecular weight excluding hydrogens is 430 g/mol. The molecule has 2 aliphatic carbocycles. The van der Waals surface area contributed by atoms with E-state index in [1.54, 1.807) is 0 Å². The Morgan fingerprint density at radius 1 is 0.970 bits per heavy atom. The van der Waals surface area contributed by atoms with Crippen molar-refractivity contribution in [2.24, 2.45) is 5.92 Å². The zero-order valence-electron chi connectivity index (χ0n) is 19.6. The van der Waals surface area contributed by atoms with Gasteiger partial charge >= 0.3 is 0 Å². The minimum atomic E-state index is -2.93. The molecule has 2 aromatic carbocycles. The van der Waals surface area contributed by atoms with Gasteiger partial charge in [0, 0.05) is 12.0 Å². The Hall–Kier alpha value is -1.85. The Morgan fingerprint density at radius 3 is 2.52 bits per heavy atom. The van der Waals surface area contributed by atoms with Gasteiger partial charge in [-0.1, -0.05) is 36.4 Å². The highest BCUT2D eigenvalue weighted by molar-refractivity contribution is 7.91. The van der Waals surface area contributed by atoms with Crippen molar-refractivity contribution in [1.82, 2.24) is 4.90 Å². The van der Waals surface area contributed by atoms with Gasteiger partial charge in [-0.05, 0) is 99.2 Å². The maximum atomic E-state index is 12.2. The molecule has 1 aliphatic heterocycles. The summed E-state index contributed by atoms with van der Waals surface area (Å²) in [6.45, 7) is 2.90. The van der Waals surface area contributed by atoms with Gasteiger partial charge < -0.3 is 4.74 Å². The van der Waals surface area contributed by atoms with Crippen molar-refractivity contribution in [3.63, 3.8) is 0 Å². The van der Waals surface area contributed by atoms with Crippen molar-refractivity contribution >= 4 is 9.84 Å². The van der Waals surface area contributed by atoms with E-state index >= 15 is 0 Å². The van der Waals surface area contributed by atoms with Crippen LogP contribution in [0.25, 0.3) is 0 Å². The summed E-state index contributed by atoms with van der Waals surface area (Å²) in [5.74, 6) is 2.37. The van der Waals surface area contributed by atoms with Crippen LogP contribution in [0.1, 0.15) is 61.1 Å². The highest BCUT2D eigenvalue weighted by atomic mass is 32.2. The van der Waals surface area contributed by atoms with Crippen molar-refractivity contribution in [3.8, 4) is 5.75 Å². The fourth-order valence-corrected chi connectivity index (χ4v) is 7.54. The summed E-state index contributed by atoms with van der Waals surface area (Å²) >= 11 is 0. The largest absolute Gasteiger partial charge is 0.494 e. The van der Waals surface area contributed by atoms with Crippen LogP contribution in [0.4, 0.5) is 0 Å². The second-order valence-corrected chi connectivity index (χ2v) is 12.5. The summed E-state index contributed by atoms with van der Waals surface area (Å²) in [5.41, 5.74) is 4.28. The number of nitrogens with zero attached hydrogens (tertiary/aromatic N) is 1. The SMILES string of the molecule is O=S(=O)(CCCOc1ccc2c(c1)C(Cc1ccccc1)C(N1CCCC1)CC2)CC1CC1. The Morgan fingerprint density at radius 2 is 1.76 bits per heavy atom. The first-order chi connectivity index (χ1) is 16.1. The molecule has 1 heterocycles. The number of benzene rings is 2. The van der Waals surface area contributed by atoms with Gasteiger partial charge in [-0.15, -0.1) is 0 Å². The summed E-state index contributed by atoms with van der Waals surface area (Å²) in [5, 5.41) is 0. The molecule has 2 atom stereocenters. The number of sulfone groups is 1. The minimum Gasteiger partial charge on any atom is -0.494 e. The first-order valence-corrected chi connectivity index (χ1v) is 14.6. The van der Waals surface area contributed by atoms with Gasteiger partial charge in [-0.3, -0.25) is 4.90 Å². The maximum Gasteiger partial charge on any atom is 0.150 e. The topological polar surface area (TPSA) is 46.6 Å². The van der Waals surface area contributed by atoms with Crippen molar-refractivity contribution in [1.29, 1.82) is 0 Å². The normalized spacial score (nSPS) is 23.4. The molecular formula is C28H37NO3S. The zero-order valence-corrected chi connectivity index (χ0v) is 20.4. The van der Waals surface area contributed by atoms with E-state index in [1.807, 2.05) is 0 Å². The lowest BCUT2D eigenvalue weighted by Gasteiger charge is -2.39. The highest BCUT2D eigenvalue weighted by Crippen LogP contribution is 2.40.